The van der Waals surface area contributed by atoms with Gasteiger partial charge in [-0.2, -0.15) is 5.26 Å². The Morgan fingerprint density at radius 1 is 1.44 bits per heavy atom. The number of nitrogens with two attached hydrogens (primary N) is 1. The van der Waals surface area contributed by atoms with Crippen LogP contribution in [0.4, 0.5) is 5.69 Å². The summed E-state index contributed by atoms with van der Waals surface area (Å²) in [6.07, 6.45) is 0.706. The Balaban J connectivity index is 2.56. The van der Waals surface area contributed by atoms with E-state index in [0.29, 0.717) is 18.7 Å². The van der Waals surface area contributed by atoms with Crippen molar-refractivity contribution < 1.29 is 4.74 Å². The molecule has 0 unspecified atom stereocenters. The summed E-state index contributed by atoms with van der Waals surface area (Å²) in [5, 5.41) is 8.86. The molecule has 1 aromatic carbocycles. The van der Waals surface area contributed by atoms with Crippen LogP contribution in [0.15, 0.2) is 18.2 Å². The van der Waals surface area contributed by atoms with Crippen molar-refractivity contribution in [2.75, 3.05) is 12.3 Å². The lowest BCUT2D eigenvalue weighted by molar-refractivity contribution is 0.263. The van der Waals surface area contributed by atoms with Crippen molar-refractivity contribution in [3.8, 4) is 11.8 Å². The van der Waals surface area contributed by atoms with Crippen molar-refractivity contribution in [3.63, 3.8) is 0 Å². The number of nitrogens with zero attached hydrogens (tertiary/aromatic N) is 1. The first-order valence-corrected chi connectivity index (χ1v) is 5.35. The van der Waals surface area contributed by atoms with Gasteiger partial charge in [-0.05, 0) is 38.8 Å². The van der Waals surface area contributed by atoms with Gasteiger partial charge in [-0.25, -0.2) is 0 Å². The van der Waals surface area contributed by atoms with E-state index in [0.717, 1.165) is 11.3 Å². The quantitative estimate of drug-likeness (QED) is 0.790. The van der Waals surface area contributed by atoms with Crippen molar-refractivity contribution in [2.45, 2.75) is 27.2 Å². The first kappa shape index (κ1) is 12.4. The molecule has 0 spiro atoms. The number of anilines is 1. The molecule has 0 fully saturated rings. The van der Waals surface area contributed by atoms with Gasteiger partial charge in [0, 0.05) is 11.8 Å². The van der Waals surface area contributed by atoms with Gasteiger partial charge in [0.25, 0.3) is 0 Å². The monoisotopic (exact) mass is 218 g/mol. The summed E-state index contributed by atoms with van der Waals surface area (Å²) in [6.45, 7) is 6.32. The van der Waals surface area contributed by atoms with Gasteiger partial charge in [0.15, 0.2) is 0 Å². The number of rotatable bonds is 4. The summed E-state index contributed by atoms with van der Waals surface area (Å²) >= 11 is 0. The van der Waals surface area contributed by atoms with Gasteiger partial charge < -0.3 is 10.5 Å². The summed E-state index contributed by atoms with van der Waals surface area (Å²) in [4.78, 5) is 0. The number of aryl methyl sites for hydroxylation is 1. The minimum absolute atomic E-state index is 0.339. The molecule has 3 heteroatoms. The normalized spacial score (nSPS) is 10.9. The molecule has 3 nitrogen and oxygen atoms in total. The molecule has 0 aliphatic rings. The highest BCUT2D eigenvalue weighted by Crippen LogP contribution is 2.23. The van der Waals surface area contributed by atoms with E-state index < -0.39 is 0 Å². The minimum atomic E-state index is -0.339. The zero-order valence-electron chi connectivity index (χ0n) is 10.1. The van der Waals surface area contributed by atoms with Crippen molar-refractivity contribution in [3.05, 3.63) is 23.8 Å². The van der Waals surface area contributed by atoms with E-state index >= 15 is 0 Å². The highest BCUT2D eigenvalue weighted by molar-refractivity contribution is 5.47. The maximum atomic E-state index is 8.86. The summed E-state index contributed by atoms with van der Waals surface area (Å²) in [5.41, 5.74) is 7.09. The van der Waals surface area contributed by atoms with E-state index in [4.69, 9.17) is 15.7 Å². The molecular formula is C13H18N2O. The largest absolute Gasteiger partial charge is 0.493 e. The van der Waals surface area contributed by atoms with E-state index in [9.17, 15) is 0 Å². The average molecular weight is 218 g/mol. The molecule has 0 radical (unpaired) electrons. The molecule has 0 heterocycles. The summed E-state index contributed by atoms with van der Waals surface area (Å²) < 4.78 is 5.62. The molecule has 0 saturated heterocycles. The molecule has 0 bridgehead atoms. The number of hydrogen-bond acceptors (Lipinski definition) is 3. The molecule has 86 valence electrons. The fourth-order valence-corrected chi connectivity index (χ4v) is 1.24. The second-order valence-electron chi connectivity index (χ2n) is 4.62. The smallest absolute Gasteiger partial charge is 0.124 e. The topological polar surface area (TPSA) is 59.0 Å². The number of benzene rings is 1. The van der Waals surface area contributed by atoms with Gasteiger partial charge in [0.1, 0.15) is 5.75 Å². The van der Waals surface area contributed by atoms with E-state index in [1.165, 1.54) is 0 Å². The van der Waals surface area contributed by atoms with Gasteiger partial charge >= 0.3 is 0 Å². The second kappa shape index (κ2) is 4.89. The number of nitriles is 1. The predicted octanol–water partition coefficient (Wildman–Crippen LogP) is 2.90. The lowest BCUT2D eigenvalue weighted by Gasteiger charge is -2.16. The number of hydrogen-bond donors (Lipinski definition) is 1. The van der Waals surface area contributed by atoms with Crippen molar-refractivity contribution in [1.29, 1.82) is 5.26 Å². The fraction of sp³-hybridized carbons (Fsp3) is 0.462. The predicted molar refractivity (Wildman–Crippen MR) is 65.1 cm³/mol. The van der Waals surface area contributed by atoms with Gasteiger partial charge in [0.2, 0.25) is 0 Å². The van der Waals surface area contributed by atoms with Crippen LogP contribution in [-0.4, -0.2) is 6.61 Å². The number of nitrogen functional groups attached to an aromatic ring is 1. The van der Waals surface area contributed by atoms with E-state index in [1.807, 2.05) is 39.0 Å². The standard InChI is InChI=1S/C13H18N2O/c1-10-4-5-11(15)8-12(10)16-7-6-13(2,3)9-14/h4-5,8H,6-7,15H2,1-3H3. The Labute approximate surface area is 96.8 Å². The first-order valence-electron chi connectivity index (χ1n) is 5.35. The molecule has 2 N–H and O–H groups in total. The SMILES string of the molecule is Cc1ccc(N)cc1OCCC(C)(C)C#N. The maximum absolute atomic E-state index is 8.86. The fourth-order valence-electron chi connectivity index (χ4n) is 1.24. The second-order valence-corrected chi connectivity index (χ2v) is 4.62. The minimum Gasteiger partial charge on any atom is -0.493 e. The molecular weight excluding hydrogens is 200 g/mol. The van der Waals surface area contributed by atoms with E-state index in [2.05, 4.69) is 6.07 Å². The first-order chi connectivity index (χ1) is 7.44. The summed E-state index contributed by atoms with van der Waals surface area (Å²) in [7, 11) is 0. The molecule has 16 heavy (non-hydrogen) atoms. The van der Waals surface area contributed by atoms with Crippen molar-refractivity contribution in [1.82, 2.24) is 0 Å². The van der Waals surface area contributed by atoms with Crippen LogP contribution in [0.3, 0.4) is 0 Å². The molecule has 0 aliphatic heterocycles. The average Bonchev–Trinajstić information content (AvgIpc) is 2.23. The zero-order valence-corrected chi connectivity index (χ0v) is 10.1. The van der Waals surface area contributed by atoms with Crippen LogP contribution in [0.5, 0.6) is 5.75 Å². The van der Waals surface area contributed by atoms with E-state index in [-0.39, 0.29) is 5.41 Å². The summed E-state index contributed by atoms with van der Waals surface area (Å²) in [6, 6.07) is 7.84. The molecule has 1 aromatic rings. The van der Waals surface area contributed by atoms with Crippen LogP contribution < -0.4 is 10.5 Å². The van der Waals surface area contributed by atoms with Gasteiger partial charge in [-0.3, -0.25) is 0 Å². The Kier molecular flexibility index (Phi) is 3.78. The van der Waals surface area contributed by atoms with Crippen molar-refractivity contribution >= 4 is 5.69 Å². The third-order valence-corrected chi connectivity index (χ3v) is 2.50. The third-order valence-electron chi connectivity index (χ3n) is 2.50. The van der Waals surface area contributed by atoms with Gasteiger partial charge in [0.05, 0.1) is 18.1 Å². The highest BCUT2D eigenvalue weighted by atomic mass is 16.5. The molecule has 0 saturated carbocycles. The molecule has 0 aliphatic carbocycles. The summed E-state index contributed by atoms with van der Waals surface area (Å²) in [5.74, 6) is 0.800. The lowest BCUT2D eigenvalue weighted by atomic mass is 9.92. The molecule has 0 amide bonds. The third kappa shape index (κ3) is 3.47. The van der Waals surface area contributed by atoms with Crippen molar-refractivity contribution in [2.24, 2.45) is 5.41 Å². The van der Waals surface area contributed by atoms with E-state index in [1.54, 1.807) is 0 Å². The van der Waals surface area contributed by atoms with Crippen LogP contribution >= 0.6 is 0 Å². The van der Waals surface area contributed by atoms with Gasteiger partial charge in [-0.1, -0.05) is 6.07 Å². The van der Waals surface area contributed by atoms with Crippen LogP contribution in [-0.2, 0) is 0 Å². The lowest BCUT2D eigenvalue weighted by Crippen LogP contribution is -2.13. The maximum Gasteiger partial charge on any atom is 0.124 e. The molecule has 1 rings (SSSR count). The Bertz CT molecular complexity index is 405. The zero-order chi connectivity index (χ0) is 12.2. The Hall–Kier alpha value is -1.69. The van der Waals surface area contributed by atoms with Crippen LogP contribution in [0.25, 0.3) is 0 Å². The van der Waals surface area contributed by atoms with Crippen LogP contribution in [0, 0.1) is 23.7 Å². The van der Waals surface area contributed by atoms with Crippen LogP contribution in [0.2, 0.25) is 0 Å². The van der Waals surface area contributed by atoms with Crippen LogP contribution in [0.1, 0.15) is 25.8 Å². The van der Waals surface area contributed by atoms with Gasteiger partial charge in [-0.15, -0.1) is 0 Å². The molecule has 0 atom stereocenters. The number of ether oxygens (including phenoxy) is 1. The molecule has 0 aromatic heterocycles. The highest BCUT2D eigenvalue weighted by Gasteiger charge is 2.16. The Morgan fingerprint density at radius 2 is 2.12 bits per heavy atom. The Morgan fingerprint density at radius 3 is 2.75 bits per heavy atom.